The van der Waals surface area contributed by atoms with Crippen LogP contribution in [0.2, 0.25) is 0 Å². The molecule has 6 nitrogen and oxygen atoms in total. The number of aliphatic hydroxyl groups is 1. The van der Waals surface area contributed by atoms with Gasteiger partial charge in [0.05, 0.1) is 30.9 Å². The Bertz CT molecular complexity index is 656. The number of amides is 2. The summed E-state index contributed by atoms with van der Waals surface area (Å²) in [6.07, 6.45) is 2.93. The molecule has 0 radical (unpaired) electrons. The van der Waals surface area contributed by atoms with Crippen molar-refractivity contribution in [1.82, 2.24) is 4.90 Å². The Kier molecular flexibility index (Phi) is 5.34. The topological polar surface area (TPSA) is 90.6 Å². The molecule has 1 aromatic rings. The van der Waals surface area contributed by atoms with E-state index in [4.69, 9.17) is 10.00 Å². The van der Waals surface area contributed by atoms with E-state index in [1.165, 1.54) is 4.90 Å². The fraction of sp³-hybridized carbons (Fsp3) is 0.526. The molecule has 3 rings (SSSR count). The van der Waals surface area contributed by atoms with Crippen LogP contribution >= 0.6 is 0 Å². The molecule has 3 atom stereocenters. The number of benzene rings is 1. The molecule has 0 bridgehead atoms. The van der Waals surface area contributed by atoms with Crippen molar-refractivity contribution >= 4 is 11.8 Å². The van der Waals surface area contributed by atoms with Crippen molar-refractivity contribution in [2.75, 3.05) is 13.2 Å². The molecule has 1 heterocycles. The van der Waals surface area contributed by atoms with Crippen LogP contribution in [0.1, 0.15) is 31.2 Å². The van der Waals surface area contributed by atoms with Crippen LogP contribution in [0.15, 0.2) is 24.3 Å². The number of β-amino-alcohol motifs (C(OH)–C–C–N with tert-alkyl or cyclic N) is 1. The number of carbonyl (C=O) groups excluding carboxylic acids is 2. The average molecular weight is 342 g/mol. The molecule has 0 unspecified atom stereocenters. The number of carbonyl (C=O) groups is 2. The van der Waals surface area contributed by atoms with Crippen LogP contribution in [0.25, 0.3) is 0 Å². The van der Waals surface area contributed by atoms with E-state index in [2.05, 4.69) is 6.07 Å². The van der Waals surface area contributed by atoms with Crippen LogP contribution in [0.4, 0.5) is 0 Å². The summed E-state index contributed by atoms with van der Waals surface area (Å²) in [4.78, 5) is 26.0. The molecule has 1 N–H and O–H groups in total. The molecule has 1 saturated carbocycles. The summed E-state index contributed by atoms with van der Waals surface area (Å²) in [5.41, 5.74) is 0.895. The Labute approximate surface area is 147 Å². The van der Waals surface area contributed by atoms with Gasteiger partial charge >= 0.3 is 0 Å². The Hall–Kier alpha value is -2.39. The third kappa shape index (κ3) is 3.83. The smallest absolute Gasteiger partial charge is 0.233 e. The summed E-state index contributed by atoms with van der Waals surface area (Å²) in [5, 5.41) is 18.8. The van der Waals surface area contributed by atoms with Crippen LogP contribution < -0.4 is 4.74 Å². The van der Waals surface area contributed by atoms with Gasteiger partial charge in [-0.1, -0.05) is 25.0 Å². The van der Waals surface area contributed by atoms with Gasteiger partial charge in [-0.2, -0.15) is 5.26 Å². The number of imide groups is 1. The second-order valence-corrected chi connectivity index (χ2v) is 6.73. The molecule has 1 aliphatic carbocycles. The summed E-state index contributed by atoms with van der Waals surface area (Å²) < 4.78 is 5.52. The number of likely N-dealkylation sites (tertiary alicyclic amines) is 1. The molecule has 2 fully saturated rings. The Morgan fingerprint density at radius 2 is 1.76 bits per heavy atom. The quantitative estimate of drug-likeness (QED) is 0.794. The number of ether oxygens (including phenoxy) is 1. The highest BCUT2D eigenvalue weighted by atomic mass is 16.5. The summed E-state index contributed by atoms with van der Waals surface area (Å²) in [5.74, 6) is -0.0956. The minimum absolute atomic E-state index is 0.00396. The van der Waals surface area contributed by atoms with Gasteiger partial charge in [-0.25, -0.2) is 0 Å². The van der Waals surface area contributed by atoms with Crippen molar-refractivity contribution < 1.29 is 19.4 Å². The van der Waals surface area contributed by atoms with E-state index in [-0.39, 0.29) is 36.8 Å². The standard InChI is InChI=1S/C19H22N2O4/c20-10-9-13-5-7-15(8-6-13)25-12-14(22)11-21-18(23)16-3-1-2-4-17(16)19(21)24/h5-8,14,16-17,22H,1-4,9,11-12H2/t14-,16-,17+/m0/s1. The Morgan fingerprint density at radius 3 is 2.32 bits per heavy atom. The zero-order valence-corrected chi connectivity index (χ0v) is 14.1. The molecule has 25 heavy (non-hydrogen) atoms. The summed E-state index contributed by atoms with van der Waals surface area (Å²) in [6.45, 7) is -0.0127. The molecule has 1 saturated heterocycles. The first-order valence-corrected chi connectivity index (χ1v) is 8.72. The zero-order chi connectivity index (χ0) is 17.8. The van der Waals surface area contributed by atoms with Crippen molar-refractivity contribution in [3.8, 4) is 11.8 Å². The van der Waals surface area contributed by atoms with Crippen LogP contribution in [0.3, 0.4) is 0 Å². The van der Waals surface area contributed by atoms with Crippen LogP contribution in [0.5, 0.6) is 5.75 Å². The van der Waals surface area contributed by atoms with Gasteiger partial charge in [0.15, 0.2) is 0 Å². The first-order chi connectivity index (χ1) is 12.1. The van der Waals surface area contributed by atoms with Gasteiger partial charge in [0.2, 0.25) is 11.8 Å². The number of nitriles is 1. The van der Waals surface area contributed by atoms with Gasteiger partial charge < -0.3 is 9.84 Å². The zero-order valence-electron chi connectivity index (χ0n) is 14.1. The third-order valence-electron chi connectivity index (χ3n) is 4.97. The molecular formula is C19H22N2O4. The van der Waals surface area contributed by atoms with Crippen molar-refractivity contribution in [3.05, 3.63) is 29.8 Å². The number of aliphatic hydroxyl groups excluding tert-OH is 1. The maximum Gasteiger partial charge on any atom is 0.233 e. The van der Waals surface area contributed by atoms with E-state index in [0.29, 0.717) is 12.2 Å². The van der Waals surface area contributed by atoms with E-state index in [1.54, 1.807) is 24.3 Å². The van der Waals surface area contributed by atoms with Gasteiger partial charge in [-0.05, 0) is 30.5 Å². The second-order valence-electron chi connectivity index (χ2n) is 6.73. The highest BCUT2D eigenvalue weighted by Gasteiger charge is 2.48. The maximum absolute atomic E-state index is 12.4. The molecule has 1 aliphatic heterocycles. The lowest BCUT2D eigenvalue weighted by atomic mass is 9.81. The van der Waals surface area contributed by atoms with Gasteiger partial charge in [-0.15, -0.1) is 0 Å². The molecule has 0 spiro atoms. The van der Waals surface area contributed by atoms with Gasteiger partial charge in [-0.3, -0.25) is 14.5 Å². The monoisotopic (exact) mass is 342 g/mol. The minimum Gasteiger partial charge on any atom is -0.491 e. The minimum atomic E-state index is -0.924. The largest absolute Gasteiger partial charge is 0.491 e. The molecule has 2 amide bonds. The molecule has 1 aromatic carbocycles. The van der Waals surface area contributed by atoms with Crippen LogP contribution in [-0.4, -0.2) is 41.1 Å². The summed E-state index contributed by atoms with van der Waals surface area (Å²) in [7, 11) is 0. The molecular weight excluding hydrogens is 320 g/mol. The van der Waals surface area contributed by atoms with Crippen molar-refractivity contribution in [2.45, 2.75) is 38.2 Å². The summed E-state index contributed by atoms with van der Waals surface area (Å²) in [6, 6.07) is 9.14. The predicted molar refractivity (Wildman–Crippen MR) is 89.4 cm³/mol. The van der Waals surface area contributed by atoms with E-state index in [9.17, 15) is 14.7 Å². The molecule has 0 aromatic heterocycles. The van der Waals surface area contributed by atoms with Crippen molar-refractivity contribution in [3.63, 3.8) is 0 Å². The van der Waals surface area contributed by atoms with Crippen LogP contribution in [-0.2, 0) is 16.0 Å². The molecule has 2 aliphatic rings. The van der Waals surface area contributed by atoms with Gasteiger partial charge in [0, 0.05) is 0 Å². The van der Waals surface area contributed by atoms with E-state index >= 15 is 0 Å². The predicted octanol–water partition coefficient (Wildman–Crippen LogP) is 1.67. The second kappa shape index (κ2) is 7.66. The fourth-order valence-corrected chi connectivity index (χ4v) is 3.66. The van der Waals surface area contributed by atoms with E-state index in [1.807, 2.05) is 0 Å². The SMILES string of the molecule is N#CCc1ccc(OC[C@@H](O)CN2C(=O)[C@H]3CCCC[C@H]3C2=O)cc1. The third-order valence-corrected chi connectivity index (χ3v) is 4.97. The first-order valence-electron chi connectivity index (χ1n) is 8.72. The fourth-order valence-electron chi connectivity index (χ4n) is 3.66. The highest BCUT2D eigenvalue weighted by Crippen LogP contribution is 2.37. The van der Waals surface area contributed by atoms with E-state index < -0.39 is 6.10 Å². The van der Waals surface area contributed by atoms with Crippen LogP contribution in [0, 0.1) is 23.2 Å². The summed E-state index contributed by atoms with van der Waals surface area (Å²) >= 11 is 0. The van der Waals surface area contributed by atoms with Crippen molar-refractivity contribution in [1.29, 1.82) is 5.26 Å². The lowest BCUT2D eigenvalue weighted by molar-refractivity contribution is -0.141. The Morgan fingerprint density at radius 1 is 1.16 bits per heavy atom. The molecule has 132 valence electrons. The maximum atomic E-state index is 12.4. The number of hydrogen-bond donors (Lipinski definition) is 1. The van der Waals surface area contributed by atoms with Gasteiger partial charge in [0.1, 0.15) is 18.5 Å². The van der Waals surface area contributed by atoms with E-state index in [0.717, 1.165) is 31.2 Å². The number of fused-ring (bicyclic) bond motifs is 1. The number of hydrogen-bond acceptors (Lipinski definition) is 5. The lowest BCUT2D eigenvalue weighted by Gasteiger charge is -2.19. The first kappa shape index (κ1) is 17.4. The number of rotatable bonds is 6. The van der Waals surface area contributed by atoms with Gasteiger partial charge in [0.25, 0.3) is 0 Å². The van der Waals surface area contributed by atoms with Crippen molar-refractivity contribution in [2.24, 2.45) is 11.8 Å². The molecule has 6 heteroatoms. The average Bonchev–Trinajstić information content (AvgIpc) is 2.87. The normalized spacial score (nSPS) is 23.9. The highest BCUT2D eigenvalue weighted by molar-refractivity contribution is 6.05. The lowest BCUT2D eigenvalue weighted by Crippen LogP contribution is -2.40. The number of nitrogens with zero attached hydrogens (tertiary/aromatic N) is 2. The Balaban J connectivity index is 1.52.